The van der Waals surface area contributed by atoms with Crippen molar-refractivity contribution in [2.75, 3.05) is 0 Å². The highest BCUT2D eigenvalue weighted by atomic mass is 16.6. The molecule has 1 aliphatic carbocycles. The van der Waals surface area contributed by atoms with Crippen molar-refractivity contribution in [1.82, 2.24) is 24.4 Å². The zero-order valence-electron chi connectivity index (χ0n) is 13.9. The first-order chi connectivity index (χ1) is 11.9. The maximum absolute atomic E-state index is 10.8. The van der Waals surface area contributed by atoms with E-state index in [1.165, 1.54) is 0 Å². The number of amides is 1. The number of nitrogens with two attached hydrogens (primary N) is 1. The number of carbonyl (C=O) groups is 1. The van der Waals surface area contributed by atoms with Gasteiger partial charge in [-0.05, 0) is 13.0 Å². The summed E-state index contributed by atoms with van der Waals surface area (Å²) in [6, 6.07) is 1.84. The zero-order valence-corrected chi connectivity index (χ0v) is 13.9. The molecule has 9 heteroatoms. The number of aryl methyl sites for hydroxylation is 1. The molecule has 0 saturated heterocycles. The Morgan fingerprint density at radius 3 is 2.84 bits per heavy atom. The molecule has 1 amide bonds. The van der Waals surface area contributed by atoms with E-state index in [0.29, 0.717) is 24.4 Å². The number of primary amides is 1. The minimum absolute atomic E-state index is 0.218. The van der Waals surface area contributed by atoms with Crippen LogP contribution in [0.5, 0.6) is 5.88 Å². The minimum atomic E-state index is -0.762. The van der Waals surface area contributed by atoms with E-state index < -0.39 is 11.7 Å². The molecule has 4 rings (SSSR count). The van der Waals surface area contributed by atoms with E-state index >= 15 is 0 Å². The van der Waals surface area contributed by atoms with Crippen LogP contribution >= 0.6 is 0 Å². The first-order valence-electron chi connectivity index (χ1n) is 7.90. The Labute approximate surface area is 143 Å². The summed E-state index contributed by atoms with van der Waals surface area (Å²) in [5.41, 5.74) is 6.95. The molecule has 3 heterocycles. The largest absolute Gasteiger partial charge is 0.470 e. The topological polar surface area (TPSA) is 110 Å². The standard InChI is InChI=1S/C16H18N6O3/c1-16(5-11(6-16)24-15(17)23)25-14-13-3-4-18-22(13)9-12(20-14)10-7-19-21(2)8-10/h3-4,7-9,11H,5-6H2,1-2H3,(H2,17,23). The van der Waals surface area contributed by atoms with Gasteiger partial charge in [0.2, 0.25) is 5.88 Å². The smallest absolute Gasteiger partial charge is 0.404 e. The average molecular weight is 342 g/mol. The first-order valence-corrected chi connectivity index (χ1v) is 7.90. The monoisotopic (exact) mass is 342 g/mol. The predicted octanol–water partition coefficient (Wildman–Crippen LogP) is 1.52. The highest BCUT2D eigenvalue weighted by Crippen LogP contribution is 2.39. The van der Waals surface area contributed by atoms with Gasteiger partial charge in [-0.2, -0.15) is 10.2 Å². The molecule has 2 N–H and O–H groups in total. The van der Waals surface area contributed by atoms with Gasteiger partial charge >= 0.3 is 6.09 Å². The molecule has 3 aromatic rings. The van der Waals surface area contributed by atoms with Crippen molar-refractivity contribution >= 4 is 11.6 Å². The number of fused-ring (bicyclic) bond motifs is 1. The normalized spacial score (nSPS) is 22.6. The Morgan fingerprint density at radius 1 is 1.36 bits per heavy atom. The molecule has 25 heavy (non-hydrogen) atoms. The lowest BCUT2D eigenvalue weighted by molar-refractivity contribution is -0.0858. The second-order valence-corrected chi connectivity index (χ2v) is 6.51. The number of rotatable bonds is 4. The van der Waals surface area contributed by atoms with E-state index in [9.17, 15) is 4.79 Å². The highest BCUT2D eigenvalue weighted by molar-refractivity contribution is 5.65. The Kier molecular flexibility index (Phi) is 3.38. The highest BCUT2D eigenvalue weighted by Gasteiger charge is 2.45. The Bertz CT molecular complexity index is 940. The molecule has 0 radical (unpaired) electrons. The van der Waals surface area contributed by atoms with Crippen molar-refractivity contribution in [3.05, 3.63) is 30.9 Å². The lowest BCUT2D eigenvalue weighted by Crippen LogP contribution is -2.51. The Morgan fingerprint density at radius 2 is 2.16 bits per heavy atom. The van der Waals surface area contributed by atoms with Gasteiger partial charge in [-0.3, -0.25) is 4.68 Å². The molecule has 0 atom stereocenters. The molecule has 0 unspecified atom stereocenters. The average Bonchev–Trinajstić information content (AvgIpc) is 3.13. The van der Waals surface area contributed by atoms with Crippen LogP contribution in [0.25, 0.3) is 16.8 Å². The van der Waals surface area contributed by atoms with Crippen molar-refractivity contribution in [3.8, 4) is 17.1 Å². The lowest BCUT2D eigenvalue weighted by atomic mass is 9.79. The van der Waals surface area contributed by atoms with E-state index in [4.69, 9.17) is 15.2 Å². The van der Waals surface area contributed by atoms with Crippen molar-refractivity contribution in [2.24, 2.45) is 12.8 Å². The van der Waals surface area contributed by atoms with Crippen LogP contribution in [0.15, 0.2) is 30.9 Å². The lowest BCUT2D eigenvalue weighted by Gasteiger charge is -2.43. The summed E-state index contributed by atoms with van der Waals surface area (Å²) >= 11 is 0. The van der Waals surface area contributed by atoms with Crippen LogP contribution in [0.2, 0.25) is 0 Å². The van der Waals surface area contributed by atoms with Crippen LogP contribution in [0.1, 0.15) is 19.8 Å². The molecule has 1 saturated carbocycles. The maximum atomic E-state index is 10.8. The van der Waals surface area contributed by atoms with Crippen LogP contribution in [-0.4, -0.2) is 42.2 Å². The zero-order chi connectivity index (χ0) is 17.6. The van der Waals surface area contributed by atoms with Crippen molar-refractivity contribution in [2.45, 2.75) is 31.5 Å². The van der Waals surface area contributed by atoms with E-state index in [-0.39, 0.29) is 6.10 Å². The third kappa shape index (κ3) is 2.88. The van der Waals surface area contributed by atoms with Gasteiger partial charge in [0.15, 0.2) is 0 Å². The van der Waals surface area contributed by atoms with Crippen LogP contribution in [0, 0.1) is 0 Å². The Hall–Kier alpha value is -3.10. The summed E-state index contributed by atoms with van der Waals surface area (Å²) in [7, 11) is 1.85. The molecule has 1 aliphatic rings. The fraction of sp³-hybridized carbons (Fsp3) is 0.375. The maximum Gasteiger partial charge on any atom is 0.404 e. The molecular weight excluding hydrogens is 324 g/mol. The molecular formula is C16H18N6O3. The van der Waals surface area contributed by atoms with Crippen LogP contribution in [0.4, 0.5) is 4.79 Å². The SMILES string of the molecule is Cn1cc(-c2cn3nccc3c(OC3(C)CC(OC(N)=O)C3)n2)cn1. The van der Waals surface area contributed by atoms with E-state index in [1.54, 1.807) is 21.6 Å². The van der Waals surface area contributed by atoms with Gasteiger partial charge < -0.3 is 15.2 Å². The number of hydrogen-bond donors (Lipinski definition) is 1. The summed E-state index contributed by atoms with van der Waals surface area (Å²) in [6.45, 7) is 1.96. The van der Waals surface area contributed by atoms with Gasteiger partial charge in [0.05, 0.1) is 24.3 Å². The summed E-state index contributed by atoms with van der Waals surface area (Å²) in [5.74, 6) is 0.485. The van der Waals surface area contributed by atoms with E-state index in [2.05, 4.69) is 15.2 Å². The van der Waals surface area contributed by atoms with Crippen LogP contribution < -0.4 is 10.5 Å². The second-order valence-electron chi connectivity index (χ2n) is 6.51. The quantitative estimate of drug-likeness (QED) is 0.770. The number of nitrogens with zero attached hydrogens (tertiary/aromatic N) is 5. The Balaban J connectivity index is 1.63. The molecule has 1 fully saturated rings. The number of aromatic nitrogens is 5. The molecule has 0 aliphatic heterocycles. The molecule has 0 spiro atoms. The van der Waals surface area contributed by atoms with Gasteiger partial charge in [-0.1, -0.05) is 0 Å². The summed E-state index contributed by atoms with van der Waals surface area (Å²) < 4.78 is 14.6. The first kappa shape index (κ1) is 15.4. The molecule has 0 aromatic carbocycles. The fourth-order valence-corrected chi connectivity index (χ4v) is 3.13. The molecule has 3 aromatic heterocycles. The van der Waals surface area contributed by atoms with Gasteiger partial charge in [0.1, 0.15) is 17.2 Å². The minimum Gasteiger partial charge on any atom is -0.470 e. The van der Waals surface area contributed by atoms with Gasteiger partial charge in [-0.25, -0.2) is 14.3 Å². The second kappa shape index (κ2) is 5.47. The van der Waals surface area contributed by atoms with Crippen LogP contribution in [-0.2, 0) is 11.8 Å². The predicted molar refractivity (Wildman–Crippen MR) is 87.9 cm³/mol. The van der Waals surface area contributed by atoms with Crippen molar-refractivity contribution < 1.29 is 14.3 Å². The fourth-order valence-electron chi connectivity index (χ4n) is 3.13. The summed E-state index contributed by atoms with van der Waals surface area (Å²) in [6.07, 6.45) is 7.29. The number of hydrogen-bond acceptors (Lipinski definition) is 6. The molecule has 130 valence electrons. The van der Waals surface area contributed by atoms with Gasteiger partial charge in [-0.15, -0.1) is 0 Å². The molecule has 9 nitrogen and oxygen atoms in total. The summed E-state index contributed by atoms with van der Waals surface area (Å²) in [4.78, 5) is 15.5. The third-order valence-electron chi connectivity index (χ3n) is 4.30. The summed E-state index contributed by atoms with van der Waals surface area (Å²) in [5, 5.41) is 8.46. The van der Waals surface area contributed by atoms with Crippen molar-refractivity contribution in [1.29, 1.82) is 0 Å². The van der Waals surface area contributed by atoms with E-state index in [1.807, 2.05) is 32.4 Å². The van der Waals surface area contributed by atoms with Gasteiger partial charge in [0, 0.05) is 31.6 Å². The van der Waals surface area contributed by atoms with Crippen LogP contribution in [0.3, 0.4) is 0 Å². The van der Waals surface area contributed by atoms with Gasteiger partial charge in [0.25, 0.3) is 0 Å². The third-order valence-corrected chi connectivity index (χ3v) is 4.30. The van der Waals surface area contributed by atoms with Crippen molar-refractivity contribution in [3.63, 3.8) is 0 Å². The number of ether oxygens (including phenoxy) is 2. The molecule has 0 bridgehead atoms. The number of carbonyl (C=O) groups excluding carboxylic acids is 1. The van der Waals surface area contributed by atoms with E-state index in [0.717, 1.165) is 11.1 Å².